The van der Waals surface area contributed by atoms with Crippen molar-refractivity contribution in [2.24, 2.45) is 5.92 Å². The maximum atomic E-state index is 11.4. The van der Waals surface area contributed by atoms with Crippen LogP contribution in [0, 0.1) is 12.8 Å². The van der Waals surface area contributed by atoms with Gasteiger partial charge in [0, 0.05) is 13.0 Å². The van der Waals surface area contributed by atoms with Gasteiger partial charge >= 0.3 is 0 Å². The Morgan fingerprint density at radius 1 is 1.28 bits per heavy atom. The second-order valence-corrected chi connectivity index (χ2v) is 4.96. The van der Waals surface area contributed by atoms with Crippen LogP contribution in [-0.2, 0) is 4.79 Å². The molecule has 1 N–H and O–H groups in total. The van der Waals surface area contributed by atoms with E-state index in [2.05, 4.69) is 19.2 Å². The lowest BCUT2D eigenvalue weighted by atomic mass is 10.2. The zero-order valence-corrected chi connectivity index (χ0v) is 11.5. The number of hydrogen-bond acceptors (Lipinski definition) is 2. The second-order valence-electron chi connectivity index (χ2n) is 4.96. The number of nitrogens with one attached hydrogen (secondary N) is 1. The van der Waals surface area contributed by atoms with E-state index in [1.54, 1.807) is 0 Å². The van der Waals surface area contributed by atoms with Crippen LogP contribution in [0.2, 0.25) is 0 Å². The van der Waals surface area contributed by atoms with Gasteiger partial charge < -0.3 is 10.1 Å². The minimum absolute atomic E-state index is 0.108. The summed E-state index contributed by atoms with van der Waals surface area (Å²) in [6.45, 7) is 7.54. The summed E-state index contributed by atoms with van der Waals surface area (Å²) in [5, 5.41) is 2.89. The van der Waals surface area contributed by atoms with Gasteiger partial charge in [-0.2, -0.15) is 0 Å². The van der Waals surface area contributed by atoms with Crippen LogP contribution < -0.4 is 10.1 Å². The number of benzene rings is 1. The van der Waals surface area contributed by atoms with Crippen LogP contribution in [0.15, 0.2) is 24.3 Å². The molecule has 0 radical (unpaired) electrons. The topological polar surface area (TPSA) is 38.3 Å². The normalized spacial score (nSPS) is 10.4. The SMILES string of the molecule is Cc1ccc(OCCCC(=O)NCC(C)C)cc1. The van der Waals surface area contributed by atoms with Crippen molar-refractivity contribution in [1.29, 1.82) is 0 Å². The van der Waals surface area contributed by atoms with E-state index in [0.29, 0.717) is 18.9 Å². The molecule has 0 saturated carbocycles. The Morgan fingerprint density at radius 2 is 1.94 bits per heavy atom. The lowest BCUT2D eigenvalue weighted by Gasteiger charge is -2.08. The first-order valence-electron chi connectivity index (χ1n) is 6.54. The highest BCUT2D eigenvalue weighted by Gasteiger charge is 2.02. The van der Waals surface area contributed by atoms with Gasteiger partial charge in [-0.3, -0.25) is 4.79 Å². The van der Waals surface area contributed by atoms with Gasteiger partial charge in [-0.05, 0) is 31.4 Å². The summed E-state index contributed by atoms with van der Waals surface area (Å²) in [5.41, 5.74) is 1.22. The summed E-state index contributed by atoms with van der Waals surface area (Å²) < 4.78 is 5.56. The van der Waals surface area contributed by atoms with E-state index in [1.807, 2.05) is 31.2 Å². The zero-order chi connectivity index (χ0) is 13.4. The summed E-state index contributed by atoms with van der Waals surface area (Å²) in [7, 11) is 0. The average Bonchev–Trinajstić information content (AvgIpc) is 2.34. The third-order valence-electron chi connectivity index (χ3n) is 2.55. The highest BCUT2D eigenvalue weighted by Crippen LogP contribution is 2.11. The molecule has 1 amide bonds. The Labute approximate surface area is 110 Å². The first-order valence-corrected chi connectivity index (χ1v) is 6.54. The Morgan fingerprint density at radius 3 is 2.56 bits per heavy atom. The van der Waals surface area contributed by atoms with E-state index < -0.39 is 0 Å². The molecule has 1 rings (SSSR count). The van der Waals surface area contributed by atoms with Crippen LogP contribution in [0.1, 0.15) is 32.3 Å². The number of rotatable bonds is 7. The van der Waals surface area contributed by atoms with E-state index >= 15 is 0 Å². The highest BCUT2D eigenvalue weighted by atomic mass is 16.5. The van der Waals surface area contributed by atoms with Gasteiger partial charge in [0.05, 0.1) is 6.61 Å². The van der Waals surface area contributed by atoms with Crippen molar-refractivity contribution < 1.29 is 9.53 Å². The average molecular weight is 249 g/mol. The van der Waals surface area contributed by atoms with E-state index in [9.17, 15) is 4.79 Å². The van der Waals surface area contributed by atoms with E-state index in [-0.39, 0.29) is 5.91 Å². The van der Waals surface area contributed by atoms with Gasteiger partial charge in [-0.1, -0.05) is 31.5 Å². The smallest absolute Gasteiger partial charge is 0.220 e. The van der Waals surface area contributed by atoms with Crippen LogP contribution in [0.25, 0.3) is 0 Å². The molecule has 0 aliphatic rings. The van der Waals surface area contributed by atoms with Gasteiger partial charge in [0.1, 0.15) is 5.75 Å². The number of carbonyl (C=O) groups excluding carboxylic acids is 1. The molecule has 0 aliphatic heterocycles. The quantitative estimate of drug-likeness (QED) is 0.755. The summed E-state index contributed by atoms with van der Waals surface area (Å²) in [4.78, 5) is 11.4. The molecule has 18 heavy (non-hydrogen) atoms. The summed E-state index contributed by atoms with van der Waals surface area (Å²) >= 11 is 0. The molecule has 3 nitrogen and oxygen atoms in total. The minimum Gasteiger partial charge on any atom is -0.494 e. The molecule has 1 aromatic rings. The molecule has 0 spiro atoms. The van der Waals surface area contributed by atoms with Crippen LogP contribution >= 0.6 is 0 Å². The van der Waals surface area contributed by atoms with Crippen molar-refractivity contribution in [3.05, 3.63) is 29.8 Å². The van der Waals surface area contributed by atoms with Crippen molar-refractivity contribution in [2.75, 3.05) is 13.2 Å². The van der Waals surface area contributed by atoms with Crippen molar-refractivity contribution in [3.63, 3.8) is 0 Å². The van der Waals surface area contributed by atoms with E-state index in [1.165, 1.54) is 5.56 Å². The Balaban J connectivity index is 2.11. The number of hydrogen-bond donors (Lipinski definition) is 1. The second kappa shape index (κ2) is 7.75. The van der Waals surface area contributed by atoms with Crippen molar-refractivity contribution in [3.8, 4) is 5.75 Å². The molecule has 0 aromatic heterocycles. The van der Waals surface area contributed by atoms with Crippen LogP contribution in [0.4, 0.5) is 0 Å². The van der Waals surface area contributed by atoms with Crippen molar-refractivity contribution in [1.82, 2.24) is 5.32 Å². The van der Waals surface area contributed by atoms with Crippen LogP contribution in [0.3, 0.4) is 0 Å². The van der Waals surface area contributed by atoms with Gasteiger partial charge in [-0.25, -0.2) is 0 Å². The Kier molecular flexibility index (Phi) is 6.26. The fraction of sp³-hybridized carbons (Fsp3) is 0.533. The first-order chi connectivity index (χ1) is 8.58. The molecule has 0 fully saturated rings. The monoisotopic (exact) mass is 249 g/mol. The van der Waals surface area contributed by atoms with Gasteiger partial charge in [0.25, 0.3) is 0 Å². The predicted octanol–water partition coefficient (Wildman–Crippen LogP) is 2.93. The molecular formula is C15H23NO2. The summed E-state index contributed by atoms with van der Waals surface area (Å²) in [6, 6.07) is 7.94. The van der Waals surface area contributed by atoms with E-state index in [0.717, 1.165) is 18.7 Å². The third kappa shape index (κ3) is 6.28. The fourth-order valence-corrected chi connectivity index (χ4v) is 1.46. The largest absolute Gasteiger partial charge is 0.494 e. The number of ether oxygens (including phenoxy) is 1. The molecule has 0 unspecified atom stereocenters. The minimum atomic E-state index is 0.108. The molecule has 100 valence electrons. The standard InChI is InChI=1S/C15H23NO2/c1-12(2)11-16-15(17)5-4-10-18-14-8-6-13(3)7-9-14/h6-9,12H,4-5,10-11H2,1-3H3,(H,16,17). The van der Waals surface area contributed by atoms with Gasteiger partial charge in [0.15, 0.2) is 0 Å². The van der Waals surface area contributed by atoms with Crippen LogP contribution in [-0.4, -0.2) is 19.1 Å². The fourth-order valence-electron chi connectivity index (χ4n) is 1.46. The number of aryl methyl sites for hydroxylation is 1. The molecule has 3 heteroatoms. The van der Waals surface area contributed by atoms with Crippen molar-refractivity contribution in [2.45, 2.75) is 33.6 Å². The summed E-state index contributed by atoms with van der Waals surface area (Å²) in [6.07, 6.45) is 1.27. The summed E-state index contributed by atoms with van der Waals surface area (Å²) in [5.74, 6) is 1.47. The van der Waals surface area contributed by atoms with E-state index in [4.69, 9.17) is 4.74 Å². The van der Waals surface area contributed by atoms with Gasteiger partial charge in [0.2, 0.25) is 5.91 Å². The van der Waals surface area contributed by atoms with Crippen molar-refractivity contribution >= 4 is 5.91 Å². The molecular weight excluding hydrogens is 226 g/mol. The predicted molar refractivity (Wildman–Crippen MR) is 73.8 cm³/mol. The molecule has 0 aliphatic carbocycles. The highest BCUT2D eigenvalue weighted by molar-refractivity contribution is 5.75. The van der Waals surface area contributed by atoms with Gasteiger partial charge in [-0.15, -0.1) is 0 Å². The number of carbonyl (C=O) groups is 1. The zero-order valence-electron chi connectivity index (χ0n) is 11.5. The first kappa shape index (κ1) is 14.6. The maximum Gasteiger partial charge on any atom is 0.220 e. The maximum absolute atomic E-state index is 11.4. The molecule has 0 bridgehead atoms. The molecule has 1 aromatic carbocycles. The lowest BCUT2D eigenvalue weighted by Crippen LogP contribution is -2.27. The molecule has 0 heterocycles. The Bertz CT molecular complexity index is 357. The lowest BCUT2D eigenvalue weighted by molar-refractivity contribution is -0.121. The Hall–Kier alpha value is -1.51. The number of amides is 1. The van der Waals surface area contributed by atoms with Crippen LogP contribution in [0.5, 0.6) is 5.75 Å². The molecule has 0 saturated heterocycles. The molecule has 0 atom stereocenters. The third-order valence-corrected chi connectivity index (χ3v) is 2.55.